The highest BCUT2D eigenvalue weighted by Gasteiger charge is 2.17. The number of carbonyl (C=O) groups excluding carboxylic acids is 2. The fourth-order valence-corrected chi connectivity index (χ4v) is 2.31. The van der Waals surface area contributed by atoms with Crippen LogP contribution in [0.3, 0.4) is 0 Å². The fraction of sp³-hybridized carbons (Fsp3) is 0.400. The standard InChI is InChI=1S/C15H18N4O2/c16-9-11-5-7-12(8-6-11)17-10-14(20)19-15(21)18-13-3-1-2-4-13/h5-8,13,17H,1-4,10H2,(H2,18,19,20,21). The number of imide groups is 1. The molecule has 1 aliphatic rings. The van der Waals surface area contributed by atoms with Crippen LogP contribution in [0, 0.1) is 11.3 Å². The zero-order valence-corrected chi connectivity index (χ0v) is 11.7. The van der Waals surface area contributed by atoms with E-state index in [9.17, 15) is 9.59 Å². The first kappa shape index (κ1) is 14.9. The molecule has 1 aromatic rings. The normalized spacial score (nSPS) is 14.2. The third kappa shape index (κ3) is 4.80. The minimum Gasteiger partial charge on any atom is -0.376 e. The topological polar surface area (TPSA) is 94.0 Å². The Morgan fingerprint density at radius 2 is 1.86 bits per heavy atom. The molecule has 0 bridgehead atoms. The van der Waals surface area contributed by atoms with Crippen LogP contribution in [0.4, 0.5) is 10.5 Å². The summed E-state index contributed by atoms with van der Waals surface area (Å²) in [5.74, 6) is -0.394. The van der Waals surface area contributed by atoms with Crippen LogP contribution in [0.15, 0.2) is 24.3 Å². The maximum Gasteiger partial charge on any atom is 0.321 e. The number of carbonyl (C=O) groups is 2. The van der Waals surface area contributed by atoms with Crippen LogP contribution >= 0.6 is 0 Å². The van der Waals surface area contributed by atoms with E-state index in [-0.39, 0.29) is 12.6 Å². The number of nitriles is 1. The lowest BCUT2D eigenvalue weighted by molar-refractivity contribution is -0.118. The van der Waals surface area contributed by atoms with E-state index in [4.69, 9.17) is 5.26 Å². The Morgan fingerprint density at radius 1 is 1.19 bits per heavy atom. The van der Waals surface area contributed by atoms with E-state index in [2.05, 4.69) is 16.0 Å². The molecule has 3 amide bonds. The van der Waals surface area contributed by atoms with E-state index in [0.29, 0.717) is 5.56 Å². The van der Waals surface area contributed by atoms with Gasteiger partial charge < -0.3 is 10.6 Å². The molecule has 1 fully saturated rings. The third-order valence-electron chi connectivity index (χ3n) is 3.41. The van der Waals surface area contributed by atoms with Gasteiger partial charge in [0.15, 0.2) is 0 Å². The number of benzene rings is 1. The van der Waals surface area contributed by atoms with Gasteiger partial charge in [0, 0.05) is 11.7 Å². The number of hydrogen-bond donors (Lipinski definition) is 3. The number of hydrogen-bond acceptors (Lipinski definition) is 4. The monoisotopic (exact) mass is 286 g/mol. The van der Waals surface area contributed by atoms with Gasteiger partial charge in [0.1, 0.15) is 0 Å². The van der Waals surface area contributed by atoms with Gasteiger partial charge in [-0.1, -0.05) is 12.8 Å². The minimum absolute atomic E-state index is 0.00396. The smallest absolute Gasteiger partial charge is 0.321 e. The Hall–Kier alpha value is -2.55. The predicted molar refractivity (Wildman–Crippen MR) is 78.6 cm³/mol. The van der Waals surface area contributed by atoms with Crippen molar-refractivity contribution in [3.8, 4) is 6.07 Å². The summed E-state index contributed by atoms with van der Waals surface area (Å²) < 4.78 is 0. The van der Waals surface area contributed by atoms with Crippen LogP contribution in [-0.2, 0) is 4.79 Å². The zero-order valence-electron chi connectivity index (χ0n) is 11.7. The molecule has 3 N–H and O–H groups in total. The van der Waals surface area contributed by atoms with Gasteiger partial charge >= 0.3 is 6.03 Å². The Bertz CT molecular complexity index is 542. The van der Waals surface area contributed by atoms with Crippen molar-refractivity contribution in [2.24, 2.45) is 0 Å². The summed E-state index contributed by atoms with van der Waals surface area (Å²) in [7, 11) is 0. The second-order valence-corrected chi connectivity index (χ2v) is 5.05. The SMILES string of the molecule is N#Cc1ccc(NCC(=O)NC(=O)NC2CCCC2)cc1. The summed E-state index contributed by atoms with van der Waals surface area (Å²) in [5.41, 5.74) is 1.28. The maximum absolute atomic E-state index is 11.6. The number of nitrogens with one attached hydrogen (secondary N) is 3. The first-order chi connectivity index (χ1) is 10.2. The molecule has 0 atom stereocenters. The van der Waals surface area contributed by atoms with Crippen LogP contribution in [0.5, 0.6) is 0 Å². The van der Waals surface area contributed by atoms with Crippen molar-refractivity contribution in [1.29, 1.82) is 5.26 Å². The summed E-state index contributed by atoms with van der Waals surface area (Å²) in [6.45, 7) is 0.00396. The molecule has 0 saturated heterocycles. The van der Waals surface area contributed by atoms with E-state index in [1.54, 1.807) is 24.3 Å². The summed E-state index contributed by atoms with van der Waals surface area (Å²) in [5, 5.41) is 16.7. The molecule has 6 heteroatoms. The molecule has 2 rings (SSSR count). The van der Waals surface area contributed by atoms with E-state index < -0.39 is 11.9 Å². The summed E-state index contributed by atoms with van der Waals surface area (Å²) in [4.78, 5) is 23.2. The van der Waals surface area contributed by atoms with Crippen LogP contribution in [0.25, 0.3) is 0 Å². The highest BCUT2D eigenvalue weighted by Crippen LogP contribution is 2.17. The Labute approximate surface area is 123 Å². The summed E-state index contributed by atoms with van der Waals surface area (Å²) >= 11 is 0. The lowest BCUT2D eigenvalue weighted by Gasteiger charge is -2.12. The number of amides is 3. The lowest BCUT2D eigenvalue weighted by atomic mass is 10.2. The van der Waals surface area contributed by atoms with Crippen LogP contribution in [0.1, 0.15) is 31.2 Å². The number of rotatable bonds is 4. The molecule has 0 aromatic heterocycles. The van der Waals surface area contributed by atoms with E-state index in [0.717, 1.165) is 31.4 Å². The number of urea groups is 1. The van der Waals surface area contributed by atoms with Gasteiger partial charge in [-0.25, -0.2) is 4.79 Å². The molecule has 6 nitrogen and oxygen atoms in total. The van der Waals surface area contributed by atoms with Crippen LogP contribution < -0.4 is 16.0 Å². The first-order valence-electron chi connectivity index (χ1n) is 7.02. The summed E-state index contributed by atoms with van der Waals surface area (Å²) in [6.07, 6.45) is 4.20. The molecule has 0 unspecified atom stereocenters. The molecular formula is C15H18N4O2. The summed E-state index contributed by atoms with van der Waals surface area (Å²) in [6, 6.07) is 8.51. The van der Waals surface area contributed by atoms with Crippen molar-refractivity contribution in [1.82, 2.24) is 10.6 Å². The van der Waals surface area contributed by atoms with Crippen molar-refractivity contribution < 1.29 is 9.59 Å². The zero-order chi connectivity index (χ0) is 15.1. The molecular weight excluding hydrogens is 268 g/mol. The molecule has 1 aliphatic carbocycles. The highest BCUT2D eigenvalue weighted by molar-refractivity contribution is 5.96. The fourth-order valence-electron chi connectivity index (χ4n) is 2.31. The molecule has 0 aliphatic heterocycles. The number of anilines is 1. The second kappa shape index (κ2) is 7.29. The van der Waals surface area contributed by atoms with Crippen molar-refractivity contribution in [3.63, 3.8) is 0 Å². The Balaban J connectivity index is 1.71. The average molecular weight is 286 g/mol. The van der Waals surface area contributed by atoms with Gasteiger partial charge in [-0.3, -0.25) is 10.1 Å². The van der Waals surface area contributed by atoms with Crippen LogP contribution in [0.2, 0.25) is 0 Å². The first-order valence-corrected chi connectivity index (χ1v) is 7.02. The quantitative estimate of drug-likeness (QED) is 0.785. The van der Waals surface area contributed by atoms with Crippen molar-refractivity contribution in [2.45, 2.75) is 31.7 Å². The van der Waals surface area contributed by atoms with Gasteiger partial charge in [0.25, 0.3) is 0 Å². The van der Waals surface area contributed by atoms with Gasteiger partial charge in [-0.15, -0.1) is 0 Å². The van der Waals surface area contributed by atoms with Crippen molar-refractivity contribution >= 4 is 17.6 Å². The molecule has 1 aromatic carbocycles. The van der Waals surface area contributed by atoms with E-state index in [1.165, 1.54) is 0 Å². The van der Waals surface area contributed by atoms with Gasteiger partial charge in [0.2, 0.25) is 5.91 Å². The Kier molecular flexibility index (Phi) is 5.16. The van der Waals surface area contributed by atoms with Gasteiger partial charge in [0.05, 0.1) is 18.2 Å². The molecule has 0 heterocycles. The molecule has 1 saturated carbocycles. The van der Waals surface area contributed by atoms with E-state index in [1.807, 2.05) is 6.07 Å². The highest BCUT2D eigenvalue weighted by atomic mass is 16.2. The average Bonchev–Trinajstić information content (AvgIpc) is 2.98. The van der Waals surface area contributed by atoms with Gasteiger partial charge in [-0.2, -0.15) is 5.26 Å². The molecule has 21 heavy (non-hydrogen) atoms. The van der Waals surface area contributed by atoms with E-state index >= 15 is 0 Å². The third-order valence-corrected chi connectivity index (χ3v) is 3.41. The predicted octanol–water partition coefficient (Wildman–Crippen LogP) is 1.74. The maximum atomic E-state index is 11.6. The van der Waals surface area contributed by atoms with Gasteiger partial charge in [-0.05, 0) is 37.1 Å². The molecule has 0 radical (unpaired) electrons. The van der Waals surface area contributed by atoms with Crippen LogP contribution in [-0.4, -0.2) is 24.5 Å². The largest absolute Gasteiger partial charge is 0.376 e. The number of nitrogens with zero attached hydrogens (tertiary/aromatic N) is 1. The van der Waals surface area contributed by atoms with Crippen molar-refractivity contribution in [3.05, 3.63) is 29.8 Å². The minimum atomic E-state index is -0.437. The lowest BCUT2D eigenvalue weighted by Crippen LogP contribution is -2.45. The second-order valence-electron chi connectivity index (χ2n) is 5.05. The molecule has 110 valence electrons. The van der Waals surface area contributed by atoms with Crippen molar-refractivity contribution in [2.75, 3.05) is 11.9 Å². The molecule has 0 spiro atoms. The Morgan fingerprint density at radius 3 is 2.48 bits per heavy atom.